The van der Waals surface area contributed by atoms with Gasteiger partial charge >= 0.3 is 0 Å². The van der Waals surface area contributed by atoms with Crippen LogP contribution in [-0.4, -0.2) is 6.29 Å². The van der Waals surface area contributed by atoms with E-state index in [0.717, 1.165) is 24.0 Å². The number of hydrogen-bond donors (Lipinski definition) is 0. The number of hydrogen-bond acceptors (Lipinski definition) is 2. The fourth-order valence-corrected chi connectivity index (χ4v) is 2.82. The second kappa shape index (κ2) is 5.28. The number of thiophene rings is 1. The van der Waals surface area contributed by atoms with E-state index in [0.29, 0.717) is 0 Å². The molecule has 2 aromatic rings. The predicted molar refractivity (Wildman–Crippen MR) is 73.1 cm³/mol. The van der Waals surface area contributed by atoms with E-state index >= 15 is 0 Å². The Kier molecular flexibility index (Phi) is 3.75. The van der Waals surface area contributed by atoms with Crippen molar-refractivity contribution in [3.63, 3.8) is 0 Å². The second-order valence-corrected chi connectivity index (χ2v) is 5.49. The smallest absolute Gasteiger partial charge is 0.160 e. The zero-order valence-corrected chi connectivity index (χ0v) is 11.0. The van der Waals surface area contributed by atoms with Crippen LogP contribution in [0.25, 0.3) is 0 Å². The molecule has 0 amide bonds. The Morgan fingerprint density at radius 1 is 1.24 bits per heavy atom. The summed E-state index contributed by atoms with van der Waals surface area (Å²) in [5.74, 6) is 0. The highest BCUT2D eigenvalue weighted by Crippen LogP contribution is 2.23. The van der Waals surface area contributed by atoms with Crippen molar-refractivity contribution in [1.82, 2.24) is 0 Å². The van der Waals surface area contributed by atoms with Crippen LogP contribution in [-0.2, 0) is 12.8 Å². The van der Waals surface area contributed by atoms with E-state index in [1.807, 2.05) is 6.07 Å². The standard InChI is InChI=1S/C15H16OS/c1-3-12-5-4-6-13(7-12)8-14-9-15(10-16)17-11(14)2/h4-7,9-10H,3,8H2,1-2H3. The van der Waals surface area contributed by atoms with Gasteiger partial charge in [0.05, 0.1) is 4.88 Å². The fourth-order valence-electron chi connectivity index (χ4n) is 1.96. The maximum absolute atomic E-state index is 10.7. The molecule has 17 heavy (non-hydrogen) atoms. The van der Waals surface area contributed by atoms with Crippen LogP contribution >= 0.6 is 11.3 Å². The lowest BCUT2D eigenvalue weighted by Gasteiger charge is -2.03. The van der Waals surface area contributed by atoms with Crippen LogP contribution in [0, 0.1) is 6.92 Å². The first-order valence-corrected chi connectivity index (χ1v) is 6.67. The third kappa shape index (κ3) is 2.83. The monoisotopic (exact) mass is 244 g/mol. The lowest BCUT2D eigenvalue weighted by atomic mass is 10.0. The molecular formula is C15H16OS. The number of benzene rings is 1. The molecular weight excluding hydrogens is 228 g/mol. The third-order valence-electron chi connectivity index (χ3n) is 2.95. The first-order valence-electron chi connectivity index (χ1n) is 5.85. The van der Waals surface area contributed by atoms with Crippen LogP contribution in [0.3, 0.4) is 0 Å². The Morgan fingerprint density at radius 2 is 2.00 bits per heavy atom. The van der Waals surface area contributed by atoms with E-state index in [9.17, 15) is 4.79 Å². The Labute approximate surface area is 106 Å². The SMILES string of the molecule is CCc1cccc(Cc2cc(C=O)sc2C)c1. The van der Waals surface area contributed by atoms with Gasteiger partial charge in [-0.15, -0.1) is 11.3 Å². The van der Waals surface area contributed by atoms with Crippen LogP contribution in [0.1, 0.15) is 38.2 Å². The topological polar surface area (TPSA) is 17.1 Å². The van der Waals surface area contributed by atoms with Crippen molar-refractivity contribution < 1.29 is 4.79 Å². The van der Waals surface area contributed by atoms with Gasteiger partial charge < -0.3 is 0 Å². The van der Waals surface area contributed by atoms with Crippen molar-refractivity contribution in [2.24, 2.45) is 0 Å². The van der Waals surface area contributed by atoms with Gasteiger partial charge in [-0.05, 0) is 42.5 Å². The summed E-state index contributed by atoms with van der Waals surface area (Å²) in [6.45, 7) is 4.25. The molecule has 1 nitrogen and oxygen atoms in total. The highest BCUT2D eigenvalue weighted by molar-refractivity contribution is 7.13. The molecule has 0 aliphatic rings. The van der Waals surface area contributed by atoms with Gasteiger partial charge in [-0.2, -0.15) is 0 Å². The fraction of sp³-hybridized carbons (Fsp3) is 0.267. The van der Waals surface area contributed by atoms with Crippen LogP contribution < -0.4 is 0 Å². The van der Waals surface area contributed by atoms with E-state index in [4.69, 9.17) is 0 Å². The number of aldehydes is 1. The van der Waals surface area contributed by atoms with E-state index < -0.39 is 0 Å². The summed E-state index contributed by atoms with van der Waals surface area (Å²) in [5, 5.41) is 0. The van der Waals surface area contributed by atoms with Crippen molar-refractivity contribution in [2.45, 2.75) is 26.7 Å². The van der Waals surface area contributed by atoms with Crippen molar-refractivity contribution in [2.75, 3.05) is 0 Å². The van der Waals surface area contributed by atoms with Crippen molar-refractivity contribution in [1.29, 1.82) is 0 Å². The maximum atomic E-state index is 10.7. The molecule has 0 saturated carbocycles. The lowest BCUT2D eigenvalue weighted by molar-refractivity contribution is 0.112. The molecule has 0 N–H and O–H groups in total. The highest BCUT2D eigenvalue weighted by Gasteiger charge is 2.06. The Bertz CT molecular complexity index is 525. The third-order valence-corrected chi connectivity index (χ3v) is 3.97. The number of carbonyl (C=O) groups excluding carboxylic acids is 1. The summed E-state index contributed by atoms with van der Waals surface area (Å²) in [6, 6.07) is 10.7. The molecule has 0 spiro atoms. The van der Waals surface area contributed by atoms with Crippen LogP contribution in [0.4, 0.5) is 0 Å². The van der Waals surface area contributed by atoms with Crippen LogP contribution in [0.15, 0.2) is 30.3 Å². The average Bonchev–Trinajstić information content (AvgIpc) is 2.70. The second-order valence-electron chi connectivity index (χ2n) is 4.20. The van der Waals surface area contributed by atoms with Crippen molar-refractivity contribution in [3.05, 3.63) is 56.8 Å². The van der Waals surface area contributed by atoms with Gasteiger partial charge in [0.2, 0.25) is 0 Å². The molecule has 2 heteroatoms. The Hall–Kier alpha value is -1.41. The van der Waals surface area contributed by atoms with Crippen LogP contribution in [0.2, 0.25) is 0 Å². The first-order chi connectivity index (χ1) is 8.22. The number of rotatable bonds is 4. The summed E-state index contributed by atoms with van der Waals surface area (Å²) in [5.41, 5.74) is 3.96. The minimum atomic E-state index is 0.823. The van der Waals surface area contributed by atoms with E-state index in [1.54, 1.807) is 11.3 Å². The molecule has 0 radical (unpaired) electrons. The van der Waals surface area contributed by atoms with Gasteiger partial charge in [-0.3, -0.25) is 4.79 Å². The molecule has 0 atom stereocenters. The maximum Gasteiger partial charge on any atom is 0.160 e. The molecule has 88 valence electrons. The predicted octanol–water partition coefficient (Wildman–Crippen LogP) is 4.02. The molecule has 1 heterocycles. The highest BCUT2D eigenvalue weighted by atomic mass is 32.1. The Balaban J connectivity index is 2.24. The van der Waals surface area contributed by atoms with Crippen molar-refractivity contribution >= 4 is 17.6 Å². The van der Waals surface area contributed by atoms with Gasteiger partial charge in [0.25, 0.3) is 0 Å². The van der Waals surface area contributed by atoms with Gasteiger partial charge in [-0.25, -0.2) is 0 Å². The Morgan fingerprint density at radius 3 is 2.65 bits per heavy atom. The average molecular weight is 244 g/mol. The van der Waals surface area contributed by atoms with Gasteiger partial charge in [0.15, 0.2) is 6.29 Å². The zero-order valence-electron chi connectivity index (χ0n) is 10.2. The minimum Gasteiger partial charge on any atom is -0.297 e. The molecule has 0 fully saturated rings. The van der Waals surface area contributed by atoms with Crippen LogP contribution in [0.5, 0.6) is 0 Å². The lowest BCUT2D eigenvalue weighted by Crippen LogP contribution is -1.90. The van der Waals surface area contributed by atoms with Gasteiger partial charge in [-0.1, -0.05) is 31.2 Å². The minimum absolute atomic E-state index is 0.823. The molecule has 0 bridgehead atoms. The summed E-state index contributed by atoms with van der Waals surface area (Å²) < 4.78 is 0. The number of carbonyl (C=O) groups is 1. The molecule has 0 aliphatic carbocycles. The molecule has 0 saturated heterocycles. The van der Waals surface area contributed by atoms with Gasteiger partial charge in [0.1, 0.15) is 0 Å². The molecule has 0 unspecified atom stereocenters. The van der Waals surface area contributed by atoms with Crippen molar-refractivity contribution in [3.8, 4) is 0 Å². The molecule has 0 aliphatic heterocycles. The quantitative estimate of drug-likeness (QED) is 0.742. The molecule has 1 aromatic carbocycles. The van der Waals surface area contributed by atoms with Gasteiger partial charge in [0, 0.05) is 4.88 Å². The van der Waals surface area contributed by atoms with E-state index in [2.05, 4.69) is 38.1 Å². The molecule has 1 aromatic heterocycles. The summed E-state index contributed by atoms with van der Waals surface area (Å²) in [7, 11) is 0. The summed E-state index contributed by atoms with van der Waals surface area (Å²) in [6.07, 6.45) is 2.92. The largest absolute Gasteiger partial charge is 0.297 e. The summed E-state index contributed by atoms with van der Waals surface area (Å²) >= 11 is 1.58. The zero-order chi connectivity index (χ0) is 12.3. The number of aryl methyl sites for hydroxylation is 2. The van der Waals surface area contributed by atoms with E-state index in [-0.39, 0.29) is 0 Å². The normalized spacial score (nSPS) is 10.5. The summed E-state index contributed by atoms with van der Waals surface area (Å²) in [4.78, 5) is 12.8. The van der Waals surface area contributed by atoms with E-state index in [1.165, 1.54) is 21.6 Å². The first kappa shape index (κ1) is 12.1. The molecule has 2 rings (SSSR count).